The minimum Gasteiger partial charge on any atom is -0.454 e. The summed E-state index contributed by atoms with van der Waals surface area (Å²) in [7, 11) is -3.95. The lowest BCUT2D eigenvalue weighted by molar-refractivity contribution is -0.150. The molecule has 0 unspecified atom stereocenters. The molecular weight excluding hydrogens is 398 g/mol. The second-order valence-electron chi connectivity index (χ2n) is 7.03. The first-order chi connectivity index (χ1) is 13.5. The molecular formula is C19H29N3O6S. The molecule has 1 atom stereocenters. The monoisotopic (exact) mass is 427 g/mol. The zero-order valence-corrected chi connectivity index (χ0v) is 18.0. The number of urea groups is 1. The highest BCUT2D eigenvalue weighted by Gasteiger charge is 2.28. The van der Waals surface area contributed by atoms with Crippen LogP contribution in [0.4, 0.5) is 4.79 Å². The van der Waals surface area contributed by atoms with Gasteiger partial charge in [0.2, 0.25) is 10.0 Å². The van der Waals surface area contributed by atoms with Crippen LogP contribution in [0.3, 0.4) is 0 Å². The van der Waals surface area contributed by atoms with E-state index in [0.29, 0.717) is 13.0 Å². The molecule has 3 amide bonds. The summed E-state index contributed by atoms with van der Waals surface area (Å²) in [5, 5.41) is 4.47. The Labute approximate surface area is 171 Å². The number of ether oxygens (including phenoxy) is 1. The number of aryl methyl sites for hydroxylation is 1. The van der Waals surface area contributed by atoms with Crippen molar-refractivity contribution in [3.05, 3.63) is 29.8 Å². The molecule has 9 nitrogen and oxygen atoms in total. The van der Waals surface area contributed by atoms with E-state index in [9.17, 15) is 22.8 Å². The average molecular weight is 428 g/mol. The summed E-state index contributed by atoms with van der Waals surface area (Å²) in [6.07, 6.45) is 0.886. The topological polar surface area (TPSA) is 131 Å². The van der Waals surface area contributed by atoms with E-state index in [4.69, 9.17) is 4.74 Å². The van der Waals surface area contributed by atoms with Gasteiger partial charge in [-0.15, -0.1) is 0 Å². The minimum atomic E-state index is -3.95. The van der Waals surface area contributed by atoms with E-state index in [-0.39, 0.29) is 17.2 Å². The molecule has 0 fully saturated rings. The van der Waals surface area contributed by atoms with Gasteiger partial charge >= 0.3 is 12.0 Å². The largest absolute Gasteiger partial charge is 0.454 e. The first-order valence-electron chi connectivity index (χ1n) is 9.38. The Morgan fingerprint density at radius 3 is 2.28 bits per heavy atom. The molecule has 0 saturated carbocycles. The van der Waals surface area contributed by atoms with E-state index in [0.717, 1.165) is 5.56 Å². The summed E-state index contributed by atoms with van der Waals surface area (Å²) in [6, 6.07) is 4.33. The molecule has 1 rings (SSSR count). The van der Waals surface area contributed by atoms with Crippen molar-refractivity contribution in [2.24, 2.45) is 5.92 Å². The quantitative estimate of drug-likeness (QED) is 0.485. The highest BCUT2D eigenvalue weighted by Crippen LogP contribution is 2.14. The van der Waals surface area contributed by atoms with Gasteiger partial charge in [-0.25, -0.2) is 13.2 Å². The second kappa shape index (κ2) is 11.5. The van der Waals surface area contributed by atoms with Gasteiger partial charge in [-0.3, -0.25) is 14.9 Å². The molecule has 3 N–H and O–H groups in total. The third kappa shape index (κ3) is 9.05. The number of hydrogen-bond acceptors (Lipinski definition) is 6. The van der Waals surface area contributed by atoms with E-state index in [1.165, 1.54) is 12.1 Å². The molecule has 0 aliphatic rings. The van der Waals surface area contributed by atoms with E-state index in [1.807, 2.05) is 33.0 Å². The predicted molar refractivity (Wildman–Crippen MR) is 108 cm³/mol. The molecule has 1 aromatic carbocycles. The zero-order chi connectivity index (χ0) is 22.0. The van der Waals surface area contributed by atoms with Crippen LogP contribution < -0.4 is 15.4 Å². The number of benzene rings is 1. The number of hydrogen-bond donors (Lipinski definition) is 3. The van der Waals surface area contributed by atoms with Gasteiger partial charge in [-0.2, -0.15) is 4.72 Å². The predicted octanol–water partition coefficient (Wildman–Crippen LogP) is 1.47. The standard InChI is InChI=1S/C19H29N3O6S/c1-5-10-20-19(25)21-17(23)12-28-18(24)16(11-13(2)3)22-29(26,27)15-8-6-14(4)7-9-15/h6-9,13,16,22H,5,10-12H2,1-4H3,(H2,20,21,23,25)/t16-/m0/s1. The Kier molecular flexibility index (Phi) is 9.76. The number of nitrogens with one attached hydrogen (secondary N) is 3. The third-order valence-corrected chi connectivity index (χ3v) is 5.24. The minimum absolute atomic E-state index is 0.0121. The second-order valence-corrected chi connectivity index (χ2v) is 8.74. The molecule has 29 heavy (non-hydrogen) atoms. The van der Waals surface area contributed by atoms with Crippen molar-refractivity contribution in [3.63, 3.8) is 0 Å². The van der Waals surface area contributed by atoms with Gasteiger partial charge in [0.15, 0.2) is 6.61 Å². The first kappa shape index (κ1) is 24.6. The van der Waals surface area contributed by atoms with Crippen molar-refractivity contribution >= 4 is 27.9 Å². The summed E-state index contributed by atoms with van der Waals surface area (Å²) in [6.45, 7) is 7.04. The van der Waals surface area contributed by atoms with Crippen LogP contribution in [0.2, 0.25) is 0 Å². The molecule has 0 aliphatic heterocycles. The van der Waals surface area contributed by atoms with Crippen molar-refractivity contribution in [2.75, 3.05) is 13.2 Å². The molecule has 0 radical (unpaired) electrons. The molecule has 0 spiro atoms. The van der Waals surface area contributed by atoms with Crippen LogP contribution in [0.25, 0.3) is 0 Å². The van der Waals surface area contributed by atoms with Gasteiger partial charge in [0.25, 0.3) is 5.91 Å². The Morgan fingerprint density at radius 2 is 1.72 bits per heavy atom. The van der Waals surface area contributed by atoms with Crippen LogP contribution in [0.5, 0.6) is 0 Å². The molecule has 0 bridgehead atoms. The summed E-state index contributed by atoms with van der Waals surface area (Å²) < 4.78 is 32.4. The Morgan fingerprint density at radius 1 is 1.10 bits per heavy atom. The number of rotatable bonds is 10. The molecule has 0 aromatic heterocycles. The molecule has 0 heterocycles. The van der Waals surface area contributed by atoms with Gasteiger partial charge in [-0.1, -0.05) is 38.5 Å². The third-order valence-electron chi connectivity index (χ3n) is 3.75. The van der Waals surface area contributed by atoms with Crippen molar-refractivity contribution in [3.8, 4) is 0 Å². The van der Waals surface area contributed by atoms with E-state index in [2.05, 4.69) is 10.0 Å². The van der Waals surface area contributed by atoms with Crippen molar-refractivity contribution in [2.45, 2.75) is 51.5 Å². The molecule has 162 valence electrons. The van der Waals surface area contributed by atoms with Gasteiger partial charge < -0.3 is 10.1 Å². The molecule has 0 aliphatic carbocycles. The van der Waals surface area contributed by atoms with Gasteiger partial charge in [0.05, 0.1) is 4.90 Å². The number of esters is 1. The van der Waals surface area contributed by atoms with Gasteiger partial charge in [0.1, 0.15) is 6.04 Å². The lowest BCUT2D eigenvalue weighted by atomic mass is 10.1. The van der Waals surface area contributed by atoms with E-state index >= 15 is 0 Å². The lowest BCUT2D eigenvalue weighted by Gasteiger charge is -2.19. The Bertz CT molecular complexity index is 806. The summed E-state index contributed by atoms with van der Waals surface area (Å²) in [5.41, 5.74) is 0.899. The van der Waals surface area contributed by atoms with Crippen molar-refractivity contribution in [1.29, 1.82) is 0 Å². The van der Waals surface area contributed by atoms with Crippen molar-refractivity contribution < 1.29 is 27.5 Å². The summed E-state index contributed by atoms with van der Waals surface area (Å²) in [4.78, 5) is 35.5. The first-order valence-corrected chi connectivity index (χ1v) is 10.9. The van der Waals surface area contributed by atoms with E-state index < -0.39 is 40.6 Å². The van der Waals surface area contributed by atoms with Crippen molar-refractivity contribution in [1.82, 2.24) is 15.4 Å². The van der Waals surface area contributed by atoms with Crippen LogP contribution in [0.1, 0.15) is 39.2 Å². The summed E-state index contributed by atoms with van der Waals surface area (Å²) >= 11 is 0. The highest BCUT2D eigenvalue weighted by molar-refractivity contribution is 7.89. The number of carbonyl (C=O) groups excluding carboxylic acids is 3. The Hall–Kier alpha value is -2.46. The maximum absolute atomic E-state index is 12.6. The number of amides is 3. The lowest BCUT2D eigenvalue weighted by Crippen LogP contribution is -2.45. The number of carbonyl (C=O) groups is 3. The van der Waals surface area contributed by atoms with Gasteiger partial charge in [0, 0.05) is 6.54 Å². The van der Waals surface area contributed by atoms with Crippen LogP contribution >= 0.6 is 0 Å². The van der Waals surface area contributed by atoms with E-state index in [1.54, 1.807) is 12.1 Å². The maximum Gasteiger partial charge on any atom is 0.324 e. The van der Waals surface area contributed by atoms with Crippen LogP contribution in [0.15, 0.2) is 29.2 Å². The normalized spacial score (nSPS) is 12.3. The van der Waals surface area contributed by atoms with Crippen LogP contribution in [0, 0.1) is 12.8 Å². The Balaban J connectivity index is 2.74. The highest BCUT2D eigenvalue weighted by atomic mass is 32.2. The fraction of sp³-hybridized carbons (Fsp3) is 0.526. The molecule has 10 heteroatoms. The average Bonchev–Trinajstić information content (AvgIpc) is 2.63. The number of imide groups is 1. The maximum atomic E-state index is 12.6. The fourth-order valence-corrected chi connectivity index (χ4v) is 3.52. The summed E-state index contributed by atoms with van der Waals surface area (Å²) in [5.74, 6) is -1.71. The van der Waals surface area contributed by atoms with Gasteiger partial charge in [-0.05, 0) is 37.8 Å². The molecule has 1 aromatic rings. The van der Waals surface area contributed by atoms with Crippen LogP contribution in [-0.2, 0) is 24.3 Å². The molecule has 0 saturated heterocycles. The fourth-order valence-electron chi connectivity index (χ4n) is 2.32. The SMILES string of the molecule is CCCNC(=O)NC(=O)COC(=O)[C@H](CC(C)C)NS(=O)(=O)c1ccc(C)cc1. The number of sulfonamides is 1. The smallest absolute Gasteiger partial charge is 0.324 e. The van der Waals surface area contributed by atoms with Crippen LogP contribution in [-0.4, -0.2) is 45.5 Å². The zero-order valence-electron chi connectivity index (χ0n) is 17.2.